The van der Waals surface area contributed by atoms with Crippen LogP contribution in [-0.2, 0) is 4.79 Å². The van der Waals surface area contributed by atoms with Crippen LogP contribution in [0.15, 0.2) is 28.7 Å². The molecule has 3 N–H and O–H groups in total. The van der Waals surface area contributed by atoms with Gasteiger partial charge in [0.15, 0.2) is 0 Å². The van der Waals surface area contributed by atoms with Gasteiger partial charge in [0.2, 0.25) is 5.91 Å². The van der Waals surface area contributed by atoms with Gasteiger partial charge in [0.1, 0.15) is 0 Å². The molecule has 1 fully saturated rings. The van der Waals surface area contributed by atoms with Crippen molar-refractivity contribution in [3.63, 3.8) is 0 Å². The summed E-state index contributed by atoms with van der Waals surface area (Å²) in [5, 5.41) is 2.83. The fourth-order valence-electron chi connectivity index (χ4n) is 1.53. The smallest absolute Gasteiger partial charge is 0.237 e. The molecular weight excluding hydrogens is 288 g/mol. The van der Waals surface area contributed by atoms with E-state index in [2.05, 4.69) is 21.2 Å². The highest BCUT2D eigenvalue weighted by atomic mass is 79.9. The van der Waals surface area contributed by atoms with Gasteiger partial charge < -0.3 is 11.1 Å². The van der Waals surface area contributed by atoms with Crippen LogP contribution in [0.1, 0.15) is 12.8 Å². The van der Waals surface area contributed by atoms with Crippen LogP contribution in [0.3, 0.4) is 0 Å². The number of nitrogens with two attached hydrogens (primary N) is 1. The fraction of sp³-hybridized carbons (Fsp3) is 0.273. The van der Waals surface area contributed by atoms with Crippen LogP contribution in [0.25, 0.3) is 0 Å². The van der Waals surface area contributed by atoms with Gasteiger partial charge in [0.25, 0.3) is 0 Å². The second kappa shape index (κ2) is 4.14. The molecule has 1 aromatic carbocycles. The van der Waals surface area contributed by atoms with E-state index in [9.17, 15) is 4.79 Å². The number of benzene rings is 1. The monoisotopic (exact) mass is 298 g/mol. The highest BCUT2D eigenvalue weighted by molar-refractivity contribution is 9.10. The van der Waals surface area contributed by atoms with Crippen molar-refractivity contribution in [2.45, 2.75) is 12.8 Å². The Hall–Kier alpha value is -0.940. The van der Waals surface area contributed by atoms with Gasteiger partial charge in [-0.3, -0.25) is 4.79 Å². The summed E-state index contributed by atoms with van der Waals surface area (Å²) in [7, 11) is 0. The van der Waals surface area contributed by atoms with Crippen LogP contribution in [0.2, 0.25) is 0 Å². The number of amides is 1. The Kier molecular flexibility index (Phi) is 2.99. The van der Waals surface area contributed by atoms with Crippen molar-refractivity contribution in [2.24, 2.45) is 11.1 Å². The molecule has 0 aromatic heterocycles. The molecule has 84 valence electrons. The van der Waals surface area contributed by atoms with Gasteiger partial charge in [-0.15, -0.1) is 0 Å². The second-order valence-corrected chi connectivity index (χ2v) is 5.27. The van der Waals surface area contributed by atoms with Crippen molar-refractivity contribution < 1.29 is 4.79 Å². The zero-order chi connectivity index (χ0) is 11.8. The number of hydrogen-bond donors (Lipinski definition) is 2. The third-order valence-electron chi connectivity index (χ3n) is 2.74. The molecule has 0 bridgehead atoms. The van der Waals surface area contributed by atoms with E-state index in [1.54, 1.807) is 0 Å². The molecule has 1 aliphatic carbocycles. The molecule has 0 atom stereocenters. The van der Waals surface area contributed by atoms with Gasteiger partial charge in [0.05, 0.1) is 10.4 Å². The lowest BCUT2D eigenvalue weighted by molar-refractivity contribution is -0.118. The van der Waals surface area contributed by atoms with E-state index in [1.165, 1.54) is 0 Å². The third kappa shape index (κ3) is 2.10. The molecule has 0 radical (unpaired) electrons. The van der Waals surface area contributed by atoms with Gasteiger partial charge in [0, 0.05) is 10.2 Å². The average Bonchev–Trinajstić information content (AvgIpc) is 2.97. The number of rotatable bonds is 3. The summed E-state index contributed by atoms with van der Waals surface area (Å²) in [5.74, 6) is -0.0990. The van der Waals surface area contributed by atoms with Crippen molar-refractivity contribution in [2.75, 3.05) is 5.32 Å². The molecule has 1 amide bonds. The first kappa shape index (κ1) is 11.5. The topological polar surface area (TPSA) is 55.1 Å². The number of anilines is 1. The zero-order valence-corrected chi connectivity index (χ0v) is 10.9. The van der Waals surface area contributed by atoms with Crippen molar-refractivity contribution >= 4 is 44.7 Å². The molecule has 0 heterocycles. The van der Waals surface area contributed by atoms with E-state index in [4.69, 9.17) is 18.0 Å². The van der Waals surface area contributed by atoms with Gasteiger partial charge >= 0.3 is 0 Å². The Morgan fingerprint density at radius 2 is 2.19 bits per heavy atom. The molecule has 0 aliphatic heterocycles. The van der Waals surface area contributed by atoms with Gasteiger partial charge in [-0.05, 0) is 31.0 Å². The number of carbonyl (C=O) groups excluding carboxylic acids is 1. The molecule has 5 heteroatoms. The van der Waals surface area contributed by atoms with E-state index in [0.29, 0.717) is 4.99 Å². The number of halogens is 1. The lowest BCUT2D eigenvalue weighted by atomic mass is 10.1. The Morgan fingerprint density at radius 3 is 2.69 bits per heavy atom. The first-order valence-corrected chi connectivity index (χ1v) is 6.12. The number of thiocarbonyl (C=S) groups is 1. The van der Waals surface area contributed by atoms with E-state index in [-0.39, 0.29) is 5.91 Å². The lowest BCUT2D eigenvalue weighted by Crippen LogP contribution is -2.34. The number of carbonyl (C=O) groups is 1. The Bertz CT molecular complexity index is 457. The molecule has 2 rings (SSSR count). The highest BCUT2D eigenvalue weighted by Gasteiger charge is 2.52. The summed E-state index contributed by atoms with van der Waals surface area (Å²) in [5.41, 5.74) is 5.73. The maximum atomic E-state index is 12.0. The molecule has 1 saturated carbocycles. The van der Waals surface area contributed by atoms with Crippen LogP contribution in [0.5, 0.6) is 0 Å². The second-order valence-electron chi connectivity index (χ2n) is 3.91. The summed E-state index contributed by atoms with van der Waals surface area (Å²) < 4.78 is 0.922. The van der Waals surface area contributed by atoms with Crippen molar-refractivity contribution in [3.8, 4) is 0 Å². The average molecular weight is 299 g/mol. The zero-order valence-electron chi connectivity index (χ0n) is 8.50. The lowest BCUT2D eigenvalue weighted by Gasteiger charge is -2.13. The Morgan fingerprint density at radius 1 is 1.50 bits per heavy atom. The van der Waals surface area contributed by atoms with Crippen molar-refractivity contribution in [1.29, 1.82) is 0 Å². The summed E-state index contributed by atoms with van der Waals surface area (Å²) in [6.07, 6.45) is 1.50. The first-order valence-electron chi connectivity index (χ1n) is 4.91. The van der Waals surface area contributed by atoms with E-state index in [0.717, 1.165) is 23.0 Å². The van der Waals surface area contributed by atoms with Crippen LogP contribution in [-0.4, -0.2) is 10.9 Å². The summed E-state index contributed by atoms with van der Waals surface area (Å²) >= 11 is 8.27. The molecular formula is C11H11BrN2OS. The maximum Gasteiger partial charge on any atom is 0.237 e. The summed E-state index contributed by atoms with van der Waals surface area (Å²) in [6.45, 7) is 0. The molecule has 1 aliphatic rings. The Labute approximate surface area is 108 Å². The molecule has 0 unspecified atom stereocenters. The molecule has 1 aromatic rings. The van der Waals surface area contributed by atoms with Crippen LogP contribution in [0.4, 0.5) is 5.69 Å². The van der Waals surface area contributed by atoms with Crippen molar-refractivity contribution in [1.82, 2.24) is 0 Å². The molecule has 0 spiro atoms. The van der Waals surface area contributed by atoms with Gasteiger partial charge in [-0.25, -0.2) is 0 Å². The maximum absolute atomic E-state index is 12.0. The quantitative estimate of drug-likeness (QED) is 0.843. The molecule has 3 nitrogen and oxygen atoms in total. The van der Waals surface area contributed by atoms with E-state index < -0.39 is 5.41 Å². The Balaban J connectivity index is 2.11. The van der Waals surface area contributed by atoms with Crippen LogP contribution >= 0.6 is 28.1 Å². The molecule has 16 heavy (non-hydrogen) atoms. The number of hydrogen-bond acceptors (Lipinski definition) is 2. The third-order valence-corrected chi connectivity index (χ3v) is 3.62. The fourth-order valence-corrected chi connectivity index (χ4v) is 2.22. The van der Waals surface area contributed by atoms with E-state index in [1.807, 2.05) is 24.3 Å². The normalized spacial score (nSPS) is 16.6. The minimum Gasteiger partial charge on any atom is -0.392 e. The minimum absolute atomic E-state index is 0.0990. The van der Waals surface area contributed by atoms with Gasteiger partial charge in [-0.1, -0.05) is 34.2 Å². The minimum atomic E-state index is -0.600. The number of nitrogens with one attached hydrogen (secondary N) is 1. The summed E-state index contributed by atoms with van der Waals surface area (Å²) in [6, 6.07) is 7.43. The predicted octanol–water partition coefficient (Wildman–Crippen LogP) is 2.45. The van der Waals surface area contributed by atoms with Crippen molar-refractivity contribution in [3.05, 3.63) is 28.7 Å². The summed E-state index contributed by atoms with van der Waals surface area (Å²) in [4.78, 5) is 12.2. The van der Waals surface area contributed by atoms with E-state index >= 15 is 0 Å². The van der Waals surface area contributed by atoms with Gasteiger partial charge in [-0.2, -0.15) is 0 Å². The van der Waals surface area contributed by atoms with Crippen LogP contribution < -0.4 is 11.1 Å². The predicted molar refractivity (Wildman–Crippen MR) is 71.2 cm³/mol. The van der Waals surface area contributed by atoms with Crippen LogP contribution in [0, 0.1) is 5.41 Å². The highest BCUT2D eigenvalue weighted by Crippen LogP contribution is 2.46. The SMILES string of the molecule is NC(=S)C1(C(=O)Nc2cccc(Br)c2)CC1. The largest absolute Gasteiger partial charge is 0.392 e. The first-order chi connectivity index (χ1) is 7.54. The standard InChI is InChI=1S/C11H11BrN2OS/c12-7-2-1-3-8(6-7)14-10(15)11(4-5-11)9(13)16/h1-3,6H,4-5H2,(H2,13,16)(H,14,15). The molecule has 0 saturated heterocycles.